The summed E-state index contributed by atoms with van der Waals surface area (Å²) in [7, 11) is 1.40. The van der Waals surface area contributed by atoms with E-state index in [4.69, 9.17) is 4.74 Å². The molecule has 0 aliphatic rings. The maximum atomic E-state index is 11.9. The zero-order valence-electron chi connectivity index (χ0n) is 16.0. The van der Waals surface area contributed by atoms with Crippen molar-refractivity contribution in [1.29, 1.82) is 0 Å². The van der Waals surface area contributed by atoms with Gasteiger partial charge in [0.05, 0.1) is 12.8 Å². The Morgan fingerprint density at radius 3 is 2.56 bits per heavy atom. The lowest BCUT2D eigenvalue weighted by molar-refractivity contribution is -0.139. The van der Waals surface area contributed by atoms with E-state index in [2.05, 4.69) is 54.4 Å². The van der Waals surface area contributed by atoms with E-state index in [0.29, 0.717) is 11.6 Å². The number of nitrogens with zero attached hydrogens (tertiary/aromatic N) is 3. The number of hydrogen-bond donors (Lipinski definition) is 0. The molecule has 0 saturated carbocycles. The molecule has 1 atom stereocenters. The highest BCUT2D eigenvalue weighted by molar-refractivity contribution is 8.00. The van der Waals surface area contributed by atoms with Gasteiger partial charge in [-0.1, -0.05) is 59.8 Å². The number of aromatic nitrogens is 3. The zero-order chi connectivity index (χ0) is 19.4. The molecule has 0 spiro atoms. The average molecular weight is 382 g/mol. The van der Waals surface area contributed by atoms with Gasteiger partial charge in [-0.25, -0.2) is 0 Å². The fourth-order valence-electron chi connectivity index (χ4n) is 2.94. The lowest BCUT2D eigenvalue weighted by Gasteiger charge is -2.15. The molecule has 0 bridgehead atoms. The monoisotopic (exact) mass is 381 g/mol. The van der Waals surface area contributed by atoms with Crippen LogP contribution in [-0.4, -0.2) is 33.1 Å². The fraction of sp³-hybridized carbons (Fsp3) is 0.286. The molecule has 0 saturated heterocycles. The number of thioether (sulfide) groups is 1. The number of methoxy groups -OCH3 is 1. The number of carbonyl (C=O) groups is 1. The molecular formula is C21H23N3O2S. The molecule has 140 valence electrons. The minimum Gasteiger partial charge on any atom is -0.468 e. The minimum absolute atomic E-state index is 0.278. The van der Waals surface area contributed by atoms with E-state index >= 15 is 0 Å². The topological polar surface area (TPSA) is 57.0 Å². The predicted octanol–water partition coefficient (Wildman–Crippen LogP) is 4.13. The van der Waals surface area contributed by atoms with Crippen LogP contribution in [0.1, 0.15) is 29.4 Å². The van der Waals surface area contributed by atoms with Gasteiger partial charge in [-0.15, -0.1) is 10.2 Å². The fourth-order valence-corrected chi connectivity index (χ4v) is 3.85. The van der Waals surface area contributed by atoms with Crippen LogP contribution in [0.25, 0.3) is 5.69 Å². The van der Waals surface area contributed by atoms with Crippen molar-refractivity contribution in [1.82, 2.24) is 14.8 Å². The van der Waals surface area contributed by atoms with Crippen molar-refractivity contribution in [2.75, 3.05) is 7.11 Å². The summed E-state index contributed by atoms with van der Waals surface area (Å²) in [5, 5.41) is 9.13. The highest BCUT2D eigenvalue weighted by Crippen LogP contribution is 2.29. The van der Waals surface area contributed by atoms with Gasteiger partial charge in [0.15, 0.2) is 5.16 Å². The van der Waals surface area contributed by atoms with Crippen molar-refractivity contribution in [2.24, 2.45) is 0 Å². The van der Waals surface area contributed by atoms with Gasteiger partial charge in [0.2, 0.25) is 0 Å². The van der Waals surface area contributed by atoms with Crippen LogP contribution >= 0.6 is 11.8 Å². The predicted molar refractivity (Wildman–Crippen MR) is 107 cm³/mol. The van der Waals surface area contributed by atoms with Crippen molar-refractivity contribution in [3.8, 4) is 5.69 Å². The Morgan fingerprint density at radius 2 is 1.89 bits per heavy atom. The third-order valence-corrected chi connectivity index (χ3v) is 5.33. The number of carbonyl (C=O) groups excluding carboxylic acids is 1. The maximum Gasteiger partial charge on any atom is 0.318 e. The van der Waals surface area contributed by atoms with Gasteiger partial charge in [-0.3, -0.25) is 9.36 Å². The van der Waals surface area contributed by atoms with E-state index in [1.54, 1.807) is 0 Å². The van der Waals surface area contributed by atoms with Crippen LogP contribution < -0.4 is 0 Å². The number of benzene rings is 2. The second kappa shape index (κ2) is 8.39. The summed E-state index contributed by atoms with van der Waals surface area (Å²) in [6.45, 7) is 5.96. The Hall–Kier alpha value is -2.60. The third kappa shape index (κ3) is 4.39. The maximum absolute atomic E-state index is 11.9. The van der Waals surface area contributed by atoms with Crippen molar-refractivity contribution in [2.45, 2.75) is 37.6 Å². The number of rotatable bonds is 6. The first-order chi connectivity index (χ1) is 13.0. The van der Waals surface area contributed by atoms with Gasteiger partial charge in [0, 0.05) is 6.42 Å². The molecule has 3 aromatic rings. The molecule has 0 aliphatic carbocycles. The molecule has 0 amide bonds. The van der Waals surface area contributed by atoms with Gasteiger partial charge in [-0.05, 0) is 38.0 Å². The van der Waals surface area contributed by atoms with E-state index in [0.717, 1.165) is 22.6 Å². The largest absolute Gasteiger partial charge is 0.468 e. The van der Waals surface area contributed by atoms with Crippen molar-refractivity contribution < 1.29 is 9.53 Å². The van der Waals surface area contributed by atoms with Gasteiger partial charge < -0.3 is 4.74 Å². The van der Waals surface area contributed by atoms with Crippen LogP contribution in [0.4, 0.5) is 0 Å². The summed E-state index contributed by atoms with van der Waals surface area (Å²) >= 11 is 1.36. The molecule has 5 nitrogen and oxygen atoms in total. The summed E-state index contributed by atoms with van der Waals surface area (Å²) in [5.74, 6) is 0.563. The Labute approximate surface area is 163 Å². The van der Waals surface area contributed by atoms with E-state index in [1.165, 1.54) is 24.4 Å². The zero-order valence-corrected chi connectivity index (χ0v) is 16.8. The molecule has 0 N–H and O–H groups in total. The summed E-state index contributed by atoms with van der Waals surface area (Å²) in [5.41, 5.74) is 4.52. The molecule has 27 heavy (non-hydrogen) atoms. The van der Waals surface area contributed by atoms with Crippen LogP contribution in [0.15, 0.2) is 53.7 Å². The first-order valence-electron chi connectivity index (χ1n) is 8.80. The molecule has 1 heterocycles. The molecule has 2 aromatic carbocycles. The first kappa shape index (κ1) is 19.2. The normalized spacial score (nSPS) is 12.0. The quantitative estimate of drug-likeness (QED) is 0.475. The van der Waals surface area contributed by atoms with Crippen LogP contribution in [-0.2, 0) is 16.0 Å². The van der Waals surface area contributed by atoms with E-state index in [9.17, 15) is 4.79 Å². The van der Waals surface area contributed by atoms with Crippen LogP contribution in [0.5, 0.6) is 0 Å². The summed E-state index contributed by atoms with van der Waals surface area (Å²) in [6, 6.07) is 16.5. The lowest BCUT2D eigenvalue weighted by Crippen LogP contribution is -2.16. The van der Waals surface area contributed by atoms with Crippen molar-refractivity contribution >= 4 is 17.7 Å². The Morgan fingerprint density at radius 1 is 1.15 bits per heavy atom. The number of ether oxygens (including phenoxy) is 1. The van der Waals surface area contributed by atoms with Gasteiger partial charge in [0.1, 0.15) is 11.1 Å². The van der Waals surface area contributed by atoms with Crippen molar-refractivity contribution in [3.63, 3.8) is 0 Å². The average Bonchev–Trinajstić information content (AvgIpc) is 3.04. The van der Waals surface area contributed by atoms with Gasteiger partial charge in [0.25, 0.3) is 0 Å². The number of hydrogen-bond acceptors (Lipinski definition) is 5. The van der Waals surface area contributed by atoms with E-state index in [-0.39, 0.29) is 11.2 Å². The van der Waals surface area contributed by atoms with Gasteiger partial charge >= 0.3 is 5.97 Å². The Kier molecular flexibility index (Phi) is 5.96. The van der Waals surface area contributed by atoms with Crippen molar-refractivity contribution in [3.05, 3.63) is 71.0 Å². The number of aryl methyl sites for hydroxylation is 2. The molecule has 6 heteroatoms. The molecule has 1 unspecified atom stereocenters. The lowest BCUT2D eigenvalue weighted by atomic mass is 10.1. The Bertz CT molecular complexity index is 938. The second-order valence-corrected chi connectivity index (χ2v) is 7.78. The van der Waals surface area contributed by atoms with E-state index < -0.39 is 0 Å². The van der Waals surface area contributed by atoms with Crippen LogP contribution in [0, 0.1) is 13.8 Å². The smallest absolute Gasteiger partial charge is 0.318 e. The standard InChI is InChI=1S/C21H23N3O2S/c1-14-10-11-18(15(2)12-14)24-19(13-17-8-6-5-7-9-17)22-23-21(24)27-16(3)20(25)26-4/h5-12,16H,13H2,1-4H3. The summed E-state index contributed by atoms with van der Waals surface area (Å²) < 4.78 is 6.90. The molecule has 3 rings (SSSR count). The Balaban J connectivity index is 2.04. The molecule has 1 aromatic heterocycles. The first-order valence-corrected chi connectivity index (χ1v) is 9.68. The highest BCUT2D eigenvalue weighted by atomic mass is 32.2. The molecule has 0 fully saturated rings. The summed E-state index contributed by atoms with van der Waals surface area (Å²) in [4.78, 5) is 11.9. The molecular weight excluding hydrogens is 358 g/mol. The van der Waals surface area contributed by atoms with Gasteiger partial charge in [-0.2, -0.15) is 0 Å². The van der Waals surface area contributed by atoms with Crippen LogP contribution in [0.2, 0.25) is 0 Å². The minimum atomic E-state index is -0.367. The molecule has 0 aliphatic heterocycles. The van der Waals surface area contributed by atoms with E-state index in [1.807, 2.05) is 29.7 Å². The SMILES string of the molecule is COC(=O)C(C)Sc1nnc(Cc2ccccc2)n1-c1ccc(C)cc1C. The third-order valence-electron chi connectivity index (χ3n) is 4.31. The number of esters is 1. The van der Waals surface area contributed by atoms with Crippen LogP contribution in [0.3, 0.4) is 0 Å². The second-order valence-electron chi connectivity index (χ2n) is 6.47. The highest BCUT2D eigenvalue weighted by Gasteiger charge is 2.22. The molecule has 0 radical (unpaired) electrons. The summed E-state index contributed by atoms with van der Waals surface area (Å²) in [6.07, 6.45) is 0.661.